The third-order valence-corrected chi connectivity index (χ3v) is 5.56. The van der Waals surface area contributed by atoms with Crippen LogP contribution < -0.4 is 20.3 Å². The number of fused-ring (bicyclic) bond motifs is 1. The van der Waals surface area contributed by atoms with Crippen molar-refractivity contribution in [1.82, 2.24) is 10.6 Å². The minimum Gasteiger partial charge on any atom is -0.439 e. The third kappa shape index (κ3) is 4.71. The molecule has 2 heterocycles. The van der Waals surface area contributed by atoms with Gasteiger partial charge in [0.1, 0.15) is 12.1 Å². The minimum absolute atomic E-state index is 0.247. The molecule has 2 aromatic rings. The van der Waals surface area contributed by atoms with Gasteiger partial charge in [0.15, 0.2) is 11.6 Å². The van der Waals surface area contributed by atoms with Gasteiger partial charge in [-0.05, 0) is 48.4 Å². The molecule has 2 atom stereocenters. The van der Waals surface area contributed by atoms with Crippen LogP contribution in [0.2, 0.25) is 0 Å². The van der Waals surface area contributed by atoms with Gasteiger partial charge in [0.2, 0.25) is 0 Å². The number of ether oxygens (including phenoxy) is 2. The Morgan fingerprint density at radius 2 is 2.10 bits per heavy atom. The molecule has 7 heteroatoms. The van der Waals surface area contributed by atoms with Gasteiger partial charge in [0.25, 0.3) is 5.91 Å². The van der Waals surface area contributed by atoms with Gasteiger partial charge in [0, 0.05) is 26.6 Å². The monoisotopic (exact) mass is 418 g/mol. The van der Waals surface area contributed by atoms with Crippen LogP contribution in [0.25, 0.3) is 11.1 Å². The first-order valence-electron chi connectivity index (χ1n) is 10.4. The number of nitrogens with one attached hydrogen (secondary N) is 2. The summed E-state index contributed by atoms with van der Waals surface area (Å²) >= 11 is 0. The normalized spacial score (nSPS) is 19.0. The van der Waals surface area contributed by atoms with Gasteiger partial charge in [-0.3, -0.25) is 4.79 Å². The predicted molar refractivity (Wildman–Crippen MR) is 119 cm³/mol. The van der Waals surface area contributed by atoms with E-state index in [1.807, 2.05) is 48.3 Å². The van der Waals surface area contributed by atoms with Crippen LogP contribution in [0.1, 0.15) is 12.0 Å². The standard InChI is InChI=1S/C24H26N4O3/c1-16-28(2)21-13-19(8-9-22(21)31-16)18-6-4-17(5-7-18)12-20(14-25)27-24(29)23-15-26-10-3-11-30-23/h4-9,13,20,23,26H,1,3,10-12,15H2,2H3,(H,27,29)/t20-,23-/m0/s1. The summed E-state index contributed by atoms with van der Waals surface area (Å²) in [4.78, 5) is 14.4. The predicted octanol–water partition coefficient (Wildman–Crippen LogP) is 2.58. The summed E-state index contributed by atoms with van der Waals surface area (Å²) in [7, 11) is 1.92. The maximum absolute atomic E-state index is 12.4. The molecule has 160 valence electrons. The van der Waals surface area contributed by atoms with E-state index in [4.69, 9.17) is 9.47 Å². The van der Waals surface area contributed by atoms with Crippen LogP contribution in [0, 0.1) is 11.3 Å². The molecular formula is C24H26N4O3. The highest BCUT2D eigenvalue weighted by Crippen LogP contribution is 2.40. The molecule has 0 spiro atoms. The fourth-order valence-corrected chi connectivity index (χ4v) is 3.72. The van der Waals surface area contributed by atoms with Gasteiger partial charge in [0.05, 0.1) is 11.8 Å². The molecule has 2 aromatic carbocycles. The van der Waals surface area contributed by atoms with E-state index >= 15 is 0 Å². The van der Waals surface area contributed by atoms with Crippen LogP contribution >= 0.6 is 0 Å². The van der Waals surface area contributed by atoms with Crippen LogP contribution in [-0.2, 0) is 16.0 Å². The van der Waals surface area contributed by atoms with E-state index in [-0.39, 0.29) is 5.91 Å². The quantitative estimate of drug-likeness (QED) is 0.776. The van der Waals surface area contributed by atoms with Crippen molar-refractivity contribution in [2.45, 2.75) is 25.0 Å². The molecule has 1 saturated heterocycles. The van der Waals surface area contributed by atoms with Gasteiger partial charge in [-0.25, -0.2) is 0 Å². The number of carbonyl (C=O) groups is 1. The topological polar surface area (TPSA) is 86.6 Å². The van der Waals surface area contributed by atoms with Crippen molar-refractivity contribution in [3.05, 3.63) is 60.5 Å². The number of carbonyl (C=O) groups excluding carboxylic acids is 1. The summed E-state index contributed by atoms with van der Waals surface area (Å²) in [5, 5.41) is 15.5. The Morgan fingerprint density at radius 1 is 1.32 bits per heavy atom. The summed E-state index contributed by atoms with van der Waals surface area (Å²) in [6.45, 7) is 5.73. The van der Waals surface area contributed by atoms with Gasteiger partial charge < -0.3 is 25.0 Å². The first-order chi connectivity index (χ1) is 15.0. The zero-order valence-corrected chi connectivity index (χ0v) is 17.6. The van der Waals surface area contributed by atoms with E-state index in [1.54, 1.807) is 0 Å². The molecule has 4 rings (SSSR count). The molecule has 31 heavy (non-hydrogen) atoms. The van der Waals surface area contributed by atoms with Crippen molar-refractivity contribution in [1.29, 1.82) is 5.26 Å². The molecule has 0 radical (unpaired) electrons. The Balaban J connectivity index is 1.40. The van der Waals surface area contributed by atoms with E-state index in [2.05, 4.69) is 29.3 Å². The molecule has 0 unspecified atom stereocenters. The van der Waals surface area contributed by atoms with E-state index in [1.165, 1.54) is 0 Å². The lowest BCUT2D eigenvalue weighted by Crippen LogP contribution is -2.46. The maximum Gasteiger partial charge on any atom is 0.251 e. The van der Waals surface area contributed by atoms with Crippen molar-refractivity contribution < 1.29 is 14.3 Å². The summed E-state index contributed by atoms with van der Waals surface area (Å²) in [6.07, 6.45) is 0.752. The SMILES string of the molecule is C=C1Oc2ccc(-c3ccc(C[C@@H](C#N)NC(=O)[C@@H]4CNCCCO4)cc3)cc2N1C. The molecule has 0 aliphatic carbocycles. The number of hydrogen-bond donors (Lipinski definition) is 2. The smallest absolute Gasteiger partial charge is 0.251 e. The largest absolute Gasteiger partial charge is 0.439 e. The maximum atomic E-state index is 12.4. The lowest BCUT2D eigenvalue weighted by atomic mass is 10.00. The molecule has 1 amide bonds. The molecule has 7 nitrogen and oxygen atoms in total. The van der Waals surface area contributed by atoms with Crippen molar-refractivity contribution in [3.8, 4) is 22.9 Å². The molecule has 0 bridgehead atoms. The highest BCUT2D eigenvalue weighted by molar-refractivity contribution is 5.81. The average Bonchev–Trinajstić information content (AvgIpc) is 2.96. The highest BCUT2D eigenvalue weighted by atomic mass is 16.5. The number of rotatable bonds is 5. The highest BCUT2D eigenvalue weighted by Gasteiger charge is 2.24. The fourth-order valence-electron chi connectivity index (χ4n) is 3.72. The van der Waals surface area contributed by atoms with E-state index in [0.717, 1.165) is 41.1 Å². The van der Waals surface area contributed by atoms with Crippen molar-refractivity contribution in [2.24, 2.45) is 0 Å². The van der Waals surface area contributed by atoms with Crippen LogP contribution in [0.15, 0.2) is 54.9 Å². The lowest BCUT2D eigenvalue weighted by molar-refractivity contribution is -0.132. The van der Waals surface area contributed by atoms with E-state index in [9.17, 15) is 10.1 Å². The van der Waals surface area contributed by atoms with Crippen molar-refractivity contribution in [3.63, 3.8) is 0 Å². The summed E-state index contributed by atoms with van der Waals surface area (Å²) < 4.78 is 11.2. The average molecular weight is 418 g/mol. The third-order valence-electron chi connectivity index (χ3n) is 5.56. The first-order valence-corrected chi connectivity index (χ1v) is 10.4. The van der Waals surface area contributed by atoms with Gasteiger partial charge in [-0.15, -0.1) is 0 Å². The summed E-state index contributed by atoms with van der Waals surface area (Å²) in [6, 6.07) is 15.6. The molecule has 0 aromatic heterocycles. The minimum atomic E-state index is -0.609. The zero-order chi connectivity index (χ0) is 21.8. The second kappa shape index (κ2) is 9.21. The summed E-state index contributed by atoms with van der Waals surface area (Å²) in [5.41, 5.74) is 4.09. The molecule has 0 saturated carbocycles. The number of nitrogens with zero attached hydrogens (tertiary/aromatic N) is 2. The number of amides is 1. The molecule has 1 fully saturated rings. The Morgan fingerprint density at radius 3 is 2.87 bits per heavy atom. The lowest BCUT2D eigenvalue weighted by Gasteiger charge is -2.18. The Labute approximate surface area is 182 Å². The molecule has 2 N–H and O–H groups in total. The van der Waals surface area contributed by atoms with Crippen LogP contribution in [0.5, 0.6) is 5.75 Å². The van der Waals surface area contributed by atoms with Gasteiger partial charge >= 0.3 is 0 Å². The molecule has 2 aliphatic heterocycles. The summed E-state index contributed by atoms with van der Waals surface area (Å²) in [5.74, 6) is 1.16. The van der Waals surface area contributed by atoms with Crippen LogP contribution in [0.3, 0.4) is 0 Å². The Kier molecular flexibility index (Phi) is 6.21. The van der Waals surface area contributed by atoms with Gasteiger partial charge in [-0.1, -0.05) is 30.3 Å². The van der Waals surface area contributed by atoms with Crippen molar-refractivity contribution >= 4 is 11.6 Å². The number of anilines is 1. The second-order valence-corrected chi connectivity index (χ2v) is 7.75. The second-order valence-electron chi connectivity index (χ2n) is 7.75. The fraction of sp³-hybridized carbons (Fsp3) is 0.333. The Hall–Kier alpha value is -3.34. The number of benzene rings is 2. The van der Waals surface area contributed by atoms with E-state index < -0.39 is 12.1 Å². The van der Waals surface area contributed by atoms with Crippen LogP contribution in [-0.4, -0.2) is 44.8 Å². The number of hydrogen-bond acceptors (Lipinski definition) is 6. The number of nitriles is 1. The zero-order valence-electron chi connectivity index (χ0n) is 17.6. The van der Waals surface area contributed by atoms with Crippen LogP contribution in [0.4, 0.5) is 5.69 Å². The van der Waals surface area contributed by atoms with E-state index in [0.29, 0.717) is 25.5 Å². The Bertz CT molecular complexity index is 1000. The first kappa shape index (κ1) is 20.9. The molecular weight excluding hydrogens is 392 g/mol. The molecule has 2 aliphatic rings. The van der Waals surface area contributed by atoms with Crippen molar-refractivity contribution in [2.75, 3.05) is 31.6 Å². The van der Waals surface area contributed by atoms with Gasteiger partial charge in [-0.2, -0.15) is 5.26 Å².